The molecule has 0 saturated carbocycles. The first-order valence-electron chi connectivity index (χ1n) is 8.47. The second kappa shape index (κ2) is 8.39. The predicted molar refractivity (Wildman–Crippen MR) is 97.9 cm³/mol. The minimum Gasteiger partial charge on any atom is -0.377 e. The van der Waals surface area contributed by atoms with Crippen LogP contribution in [-0.2, 0) is 30.7 Å². The summed E-state index contributed by atoms with van der Waals surface area (Å²) in [6.45, 7) is 4.08. The maximum absolute atomic E-state index is 5.11. The second-order valence-electron chi connectivity index (χ2n) is 6.05. The zero-order valence-corrected chi connectivity index (χ0v) is 15.8. The van der Waals surface area contributed by atoms with Crippen LogP contribution in [0.15, 0.2) is 10.4 Å². The van der Waals surface area contributed by atoms with E-state index in [2.05, 4.69) is 36.1 Å². The normalized spacial score (nSPS) is 17.4. The van der Waals surface area contributed by atoms with Crippen LogP contribution in [0, 0.1) is 6.92 Å². The Morgan fingerprint density at radius 1 is 1.48 bits per heavy atom. The molecular weight excluding hydrogens is 338 g/mol. The Labute approximate surface area is 151 Å². The Kier molecular flexibility index (Phi) is 5.98. The molecule has 1 unspecified atom stereocenters. The summed E-state index contributed by atoms with van der Waals surface area (Å²) in [5.74, 6) is 2.60. The number of ether oxygens (including phenoxy) is 1. The second-order valence-corrected chi connectivity index (χ2v) is 7.11. The molecule has 0 amide bonds. The molecule has 0 aromatic carbocycles. The van der Waals surface area contributed by atoms with Crippen LogP contribution in [-0.4, -0.2) is 52.5 Å². The summed E-state index contributed by atoms with van der Waals surface area (Å²) in [5, 5.41) is 14.6. The third-order valence-corrected chi connectivity index (χ3v) is 4.90. The molecule has 3 rings (SSSR count). The number of hydrogen-bond acceptors (Lipinski definition) is 6. The summed E-state index contributed by atoms with van der Waals surface area (Å²) < 4.78 is 7.08. The fourth-order valence-corrected chi connectivity index (χ4v) is 3.54. The van der Waals surface area contributed by atoms with Crippen LogP contribution >= 0.6 is 11.3 Å². The van der Waals surface area contributed by atoms with Gasteiger partial charge in [-0.3, -0.25) is 4.99 Å². The highest BCUT2D eigenvalue weighted by atomic mass is 32.1. The Morgan fingerprint density at radius 2 is 2.36 bits per heavy atom. The van der Waals surface area contributed by atoms with Crippen LogP contribution in [0.3, 0.4) is 0 Å². The summed E-state index contributed by atoms with van der Waals surface area (Å²) in [4.78, 5) is 13.3. The molecule has 0 radical (unpaired) electrons. The number of hydrogen-bond donors (Lipinski definition) is 2. The van der Waals surface area contributed by atoms with Crippen LogP contribution in [0.2, 0.25) is 0 Å². The van der Waals surface area contributed by atoms with Gasteiger partial charge in [-0.25, -0.2) is 14.6 Å². The SMILES string of the molecule is CN=C(NCCc1csc(C)n1)NC1CCc2nc(COC)nn2C1. The fourth-order valence-electron chi connectivity index (χ4n) is 2.89. The largest absolute Gasteiger partial charge is 0.377 e. The summed E-state index contributed by atoms with van der Waals surface area (Å²) in [7, 11) is 3.45. The third-order valence-electron chi connectivity index (χ3n) is 4.08. The number of guanidine groups is 1. The van der Waals surface area contributed by atoms with Crippen molar-refractivity contribution >= 4 is 17.3 Å². The van der Waals surface area contributed by atoms with Crippen molar-refractivity contribution in [2.24, 2.45) is 4.99 Å². The highest BCUT2D eigenvalue weighted by Gasteiger charge is 2.22. The highest BCUT2D eigenvalue weighted by molar-refractivity contribution is 7.09. The molecule has 0 fully saturated rings. The molecule has 0 bridgehead atoms. The predicted octanol–water partition coefficient (Wildman–Crippen LogP) is 0.912. The van der Waals surface area contributed by atoms with E-state index < -0.39 is 0 Å². The summed E-state index contributed by atoms with van der Waals surface area (Å²) >= 11 is 1.69. The van der Waals surface area contributed by atoms with Gasteiger partial charge in [-0.2, -0.15) is 5.10 Å². The van der Waals surface area contributed by atoms with E-state index in [4.69, 9.17) is 4.74 Å². The van der Waals surface area contributed by atoms with Gasteiger partial charge in [-0.1, -0.05) is 0 Å². The van der Waals surface area contributed by atoms with E-state index in [0.29, 0.717) is 6.61 Å². The first-order valence-corrected chi connectivity index (χ1v) is 9.35. The van der Waals surface area contributed by atoms with Crippen LogP contribution in [0.4, 0.5) is 0 Å². The molecule has 3 heterocycles. The Morgan fingerprint density at radius 3 is 3.08 bits per heavy atom. The number of aliphatic imine (C=N–C) groups is 1. The summed E-state index contributed by atoms with van der Waals surface area (Å²) in [5.41, 5.74) is 1.13. The number of thiazole rings is 1. The molecule has 1 aliphatic heterocycles. The minimum absolute atomic E-state index is 0.289. The minimum atomic E-state index is 0.289. The molecule has 136 valence electrons. The summed E-state index contributed by atoms with van der Waals surface area (Å²) in [6, 6.07) is 0.289. The molecule has 9 heteroatoms. The van der Waals surface area contributed by atoms with Gasteiger partial charge in [0.25, 0.3) is 0 Å². The van der Waals surface area contributed by atoms with Crippen molar-refractivity contribution in [3.8, 4) is 0 Å². The van der Waals surface area contributed by atoms with Crippen LogP contribution in [0.25, 0.3) is 0 Å². The molecule has 1 aliphatic rings. The lowest BCUT2D eigenvalue weighted by Gasteiger charge is -2.25. The van der Waals surface area contributed by atoms with E-state index in [1.54, 1.807) is 25.5 Å². The molecule has 2 aromatic heterocycles. The Hall–Kier alpha value is -2.00. The van der Waals surface area contributed by atoms with Crippen molar-refractivity contribution in [2.75, 3.05) is 20.7 Å². The van der Waals surface area contributed by atoms with E-state index in [-0.39, 0.29) is 6.04 Å². The smallest absolute Gasteiger partial charge is 0.191 e. The van der Waals surface area contributed by atoms with Crippen molar-refractivity contribution in [2.45, 2.75) is 45.4 Å². The average Bonchev–Trinajstić information content (AvgIpc) is 3.19. The molecule has 0 aliphatic carbocycles. The van der Waals surface area contributed by atoms with E-state index >= 15 is 0 Å². The quantitative estimate of drug-likeness (QED) is 0.586. The van der Waals surface area contributed by atoms with Crippen molar-refractivity contribution in [1.82, 2.24) is 30.4 Å². The standard InChI is InChI=1S/C16H25N7OS/c1-11-19-13(10-25-11)6-7-18-16(17-2)20-12-4-5-15-21-14(9-24-3)22-23(15)8-12/h10,12H,4-9H2,1-3H3,(H2,17,18,20). The van der Waals surface area contributed by atoms with Gasteiger partial charge in [0.1, 0.15) is 12.4 Å². The number of aromatic nitrogens is 4. The first kappa shape index (κ1) is 17.8. The number of nitrogens with one attached hydrogen (secondary N) is 2. The van der Waals surface area contributed by atoms with Gasteiger partial charge in [-0.05, 0) is 13.3 Å². The fraction of sp³-hybridized carbons (Fsp3) is 0.625. The van der Waals surface area contributed by atoms with E-state index in [1.165, 1.54) is 0 Å². The van der Waals surface area contributed by atoms with E-state index in [9.17, 15) is 0 Å². The molecular formula is C16H25N7OS. The van der Waals surface area contributed by atoms with Gasteiger partial charge in [-0.15, -0.1) is 11.3 Å². The lowest BCUT2D eigenvalue weighted by Crippen LogP contribution is -2.47. The highest BCUT2D eigenvalue weighted by Crippen LogP contribution is 2.13. The van der Waals surface area contributed by atoms with Crippen molar-refractivity contribution in [3.63, 3.8) is 0 Å². The maximum Gasteiger partial charge on any atom is 0.191 e. The lowest BCUT2D eigenvalue weighted by molar-refractivity contribution is 0.177. The molecule has 25 heavy (non-hydrogen) atoms. The van der Waals surface area contributed by atoms with Gasteiger partial charge < -0.3 is 15.4 Å². The van der Waals surface area contributed by atoms with Crippen LogP contribution in [0.5, 0.6) is 0 Å². The monoisotopic (exact) mass is 363 g/mol. The molecule has 8 nitrogen and oxygen atoms in total. The van der Waals surface area contributed by atoms with Gasteiger partial charge in [0.2, 0.25) is 0 Å². The molecule has 1 atom stereocenters. The van der Waals surface area contributed by atoms with Gasteiger partial charge in [0.15, 0.2) is 11.8 Å². The molecule has 2 aromatic rings. The number of aryl methyl sites for hydroxylation is 2. The number of nitrogens with zero attached hydrogens (tertiary/aromatic N) is 5. The number of methoxy groups -OCH3 is 1. The van der Waals surface area contributed by atoms with Crippen molar-refractivity contribution < 1.29 is 4.74 Å². The van der Waals surface area contributed by atoms with Crippen molar-refractivity contribution in [1.29, 1.82) is 0 Å². The van der Waals surface area contributed by atoms with E-state index in [0.717, 1.165) is 60.7 Å². The van der Waals surface area contributed by atoms with Crippen molar-refractivity contribution in [3.05, 3.63) is 27.7 Å². The first-order chi connectivity index (χ1) is 12.2. The Balaban J connectivity index is 1.48. The number of rotatable bonds is 6. The van der Waals surface area contributed by atoms with Crippen LogP contribution < -0.4 is 10.6 Å². The third kappa shape index (κ3) is 4.76. The van der Waals surface area contributed by atoms with Gasteiger partial charge >= 0.3 is 0 Å². The zero-order chi connectivity index (χ0) is 17.6. The molecule has 0 saturated heterocycles. The van der Waals surface area contributed by atoms with Crippen LogP contribution in [0.1, 0.15) is 28.8 Å². The lowest BCUT2D eigenvalue weighted by atomic mass is 10.1. The Bertz CT molecular complexity index is 724. The maximum atomic E-state index is 5.11. The van der Waals surface area contributed by atoms with E-state index in [1.807, 2.05) is 11.6 Å². The average molecular weight is 363 g/mol. The molecule has 0 spiro atoms. The van der Waals surface area contributed by atoms with Gasteiger partial charge in [0.05, 0.1) is 17.2 Å². The topological polar surface area (TPSA) is 89.2 Å². The summed E-state index contributed by atoms with van der Waals surface area (Å²) in [6.07, 6.45) is 2.81. The van der Waals surface area contributed by atoms with Gasteiger partial charge in [0, 0.05) is 45.0 Å². The molecule has 2 N–H and O–H groups in total. The zero-order valence-electron chi connectivity index (χ0n) is 14.9. The number of fused-ring (bicyclic) bond motifs is 1.